The average molecular weight is 377 g/mol. The minimum absolute atomic E-state index is 0.0323. The quantitative estimate of drug-likeness (QED) is 0.730. The summed E-state index contributed by atoms with van der Waals surface area (Å²) in [6, 6.07) is 15.5. The fraction of sp³-hybridized carbons (Fsp3) is 0.238. The molecule has 0 saturated heterocycles. The maximum Gasteiger partial charge on any atom is 0.269 e. The fourth-order valence-electron chi connectivity index (χ4n) is 3.48. The molecule has 142 valence electrons. The first kappa shape index (κ1) is 16.8. The molecule has 0 aliphatic carbocycles. The van der Waals surface area contributed by atoms with Gasteiger partial charge in [0.1, 0.15) is 5.69 Å². The highest BCUT2D eigenvalue weighted by atomic mass is 16.7. The van der Waals surface area contributed by atoms with Gasteiger partial charge in [-0.25, -0.2) is 0 Å². The molecule has 3 aromatic rings. The van der Waals surface area contributed by atoms with Crippen LogP contribution < -0.4 is 14.8 Å². The first-order valence-corrected chi connectivity index (χ1v) is 9.18. The number of benzene rings is 2. The van der Waals surface area contributed by atoms with Crippen LogP contribution in [-0.2, 0) is 17.8 Å². The van der Waals surface area contributed by atoms with Crippen LogP contribution in [-0.4, -0.2) is 35.5 Å². The lowest BCUT2D eigenvalue weighted by molar-refractivity contribution is 0.0284. The van der Waals surface area contributed by atoms with Gasteiger partial charge in [-0.05, 0) is 35.4 Å². The highest BCUT2D eigenvalue weighted by molar-refractivity contribution is 5.93. The molecule has 1 aromatic heterocycles. The summed E-state index contributed by atoms with van der Waals surface area (Å²) in [6.07, 6.45) is 0.761. The van der Waals surface area contributed by atoms with Gasteiger partial charge in [-0.1, -0.05) is 24.3 Å². The van der Waals surface area contributed by atoms with Crippen LogP contribution in [0.3, 0.4) is 0 Å². The number of aromatic amines is 1. The lowest BCUT2D eigenvalue weighted by Crippen LogP contribution is -2.36. The Hall–Kier alpha value is -3.32. The number of fused-ring (bicyclic) bond motifs is 2. The summed E-state index contributed by atoms with van der Waals surface area (Å²) in [5.41, 5.74) is 4.42. The van der Waals surface area contributed by atoms with E-state index in [9.17, 15) is 4.79 Å². The lowest BCUT2D eigenvalue weighted by Gasteiger charge is -2.25. The number of nitrogens with zero attached hydrogens (tertiary/aromatic N) is 1. The van der Waals surface area contributed by atoms with Crippen LogP contribution in [0.2, 0.25) is 0 Å². The first-order chi connectivity index (χ1) is 13.8. The Morgan fingerprint density at radius 2 is 1.96 bits per heavy atom. The monoisotopic (exact) mass is 377 g/mol. The van der Waals surface area contributed by atoms with Crippen molar-refractivity contribution in [3.63, 3.8) is 0 Å². The molecule has 1 unspecified atom stereocenters. The standard InChI is InChI=1S/C21H19N3O4/c25-21(22-10-16-7-13-3-1-2-4-15(13)11-26-16)18-9-17(23-24-18)14-5-6-19-20(8-14)28-12-27-19/h1-6,8-9,16H,7,10-12H2,(H,22,25)(H,23,24). The summed E-state index contributed by atoms with van der Waals surface area (Å²) >= 11 is 0. The van der Waals surface area contributed by atoms with Crippen molar-refractivity contribution in [1.29, 1.82) is 0 Å². The van der Waals surface area contributed by atoms with E-state index in [1.807, 2.05) is 30.3 Å². The van der Waals surface area contributed by atoms with Gasteiger partial charge in [-0.2, -0.15) is 5.10 Å². The zero-order valence-electron chi connectivity index (χ0n) is 15.1. The van der Waals surface area contributed by atoms with Crippen LogP contribution in [0.15, 0.2) is 48.5 Å². The third-order valence-corrected chi connectivity index (χ3v) is 5.02. The summed E-state index contributed by atoms with van der Waals surface area (Å²) in [4.78, 5) is 12.5. The minimum Gasteiger partial charge on any atom is -0.454 e. The topological polar surface area (TPSA) is 85.5 Å². The molecule has 2 aliphatic rings. The van der Waals surface area contributed by atoms with E-state index < -0.39 is 0 Å². The molecule has 0 bridgehead atoms. The van der Waals surface area contributed by atoms with Crippen LogP contribution in [0.4, 0.5) is 0 Å². The van der Waals surface area contributed by atoms with Gasteiger partial charge in [0.2, 0.25) is 6.79 Å². The number of carbonyl (C=O) groups excluding carboxylic acids is 1. The molecule has 2 aromatic carbocycles. The number of aromatic nitrogens is 2. The second-order valence-electron chi connectivity index (χ2n) is 6.85. The van der Waals surface area contributed by atoms with E-state index in [1.165, 1.54) is 11.1 Å². The predicted octanol–water partition coefficient (Wildman–Crippen LogP) is 2.68. The van der Waals surface area contributed by atoms with E-state index in [1.54, 1.807) is 6.07 Å². The maximum atomic E-state index is 12.5. The van der Waals surface area contributed by atoms with Crippen molar-refractivity contribution >= 4 is 5.91 Å². The first-order valence-electron chi connectivity index (χ1n) is 9.18. The lowest BCUT2D eigenvalue weighted by atomic mass is 9.99. The molecule has 0 saturated carbocycles. The molecule has 0 radical (unpaired) electrons. The summed E-state index contributed by atoms with van der Waals surface area (Å²) in [7, 11) is 0. The second-order valence-corrected chi connectivity index (χ2v) is 6.85. The smallest absolute Gasteiger partial charge is 0.269 e. The third-order valence-electron chi connectivity index (χ3n) is 5.02. The Balaban J connectivity index is 1.22. The molecule has 0 fully saturated rings. The van der Waals surface area contributed by atoms with Gasteiger partial charge in [0.25, 0.3) is 5.91 Å². The Bertz CT molecular complexity index is 1030. The van der Waals surface area contributed by atoms with E-state index in [-0.39, 0.29) is 18.8 Å². The molecule has 2 N–H and O–H groups in total. The van der Waals surface area contributed by atoms with Gasteiger partial charge in [-0.3, -0.25) is 9.89 Å². The van der Waals surface area contributed by atoms with Crippen LogP contribution >= 0.6 is 0 Å². The highest BCUT2D eigenvalue weighted by Crippen LogP contribution is 2.35. The summed E-state index contributed by atoms with van der Waals surface area (Å²) in [5.74, 6) is 1.19. The van der Waals surface area contributed by atoms with E-state index >= 15 is 0 Å². The van der Waals surface area contributed by atoms with Crippen LogP contribution in [0, 0.1) is 0 Å². The predicted molar refractivity (Wildman–Crippen MR) is 101 cm³/mol. The van der Waals surface area contributed by atoms with Crippen LogP contribution in [0.25, 0.3) is 11.3 Å². The SMILES string of the molecule is O=C(NCC1Cc2ccccc2CO1)c1cc(-c2ccc3c(c2)OCO3)n[nH]1. The van der Waals surface area contributed by atoms with Crippen LogP contribution in [0.1, 0.15) is 21.6 Å². The third kappa shape index (κ3) is 3.20. The number of carbonyl (C=O) groups is 1. The Morgan fingerprint density at radius 1 is 1.11 bits per heavy atom. The zero-order valence-corrected chi connectivity index (χ0v) is 15.1. The molecule has 7 nitrogen and oxygen atoms in total. The van der Waals surface area contributed by atoms with Gasteiger partial charge in [0.05, 0.1) is 18.4 Å². The molecule has 2 aliphatic heterocycles. The maximum absolute atomic E-state index is 12.5. The van der Waals surface area contributed by atoms with Crippen molar-refractivity contribution in [2.45, 2.75) is 19.1 Å². The highest BCUT2D eigenvalue weighted by Gasteiger charge is 2.21. The molecule has 3 heterocycles. The summed E-state index contributed by atoms with van der Waals surface area (Å²) < 4.78 is 16.6. The summed E-state index contributed by atoms with van der Waals surface area (Å²) in [5, 5.41) is 9.97. The van der Waals surface area contributed by atoms with Crippen LogP contribution in [0.5, 0.6) is 11.5 Å². The second kappa shape index (κ2) is 7.01. The van der Waals surface area contributed by atoms with Crippen molar-refractivity contribution in [3.05, 3.63) is 65.4 Å². The normalized spacial score (nSPS) is 17.2. The van der Waals surface area contributed by atoms with Crippen molar-refractivity contribution in [2.75, 3.05) is 13.3 Å². The van der Waals surface area contributed by atoms with E-state index in [0.29, 0.717) is 36.0 Å². The molecule has 1 atom stereocenters. The van der Waals surface area contributed by atoms with E-state index in [2.05, 4.69) is 27.6 Å². The largest absolute Gasteiger partial charge is 0.454 e. The number of ether oxygens (including phenoxy) is 3. The number of nitrogens with one attached hydrogen (secondary N) is 2. The Labute approximate surface area is 161 Å². The molecule has 0 spiro atoms. The van der Waals surface area contributed by atoms with Crippen molar-refractivity contribution in [3.8, 4) is 22.8 Å². The number of hydrogen-bond acceptors (Lipinski definition) is 5. The van der Waals surface area contributed by atoms with Gasteiger partial charge >= 0.3 is 0 Å². The van der Waals surface area contributed by atoms with Gasteiger partial charge in [0, 0.05) is 18.5 Å². The molecule has 7 heteroatoms. The van der Waals surface area contributed by atoms with Gasteiger partial charge in [0.15, 0.2) is 11.5 Å². The van der Waals surface area contributed by atoms with Crippen molar-refractivity contribution in [1.82, 2.24) is 15.5 Å². The van der Waals surface area contributed by atoms with Gasteiger partial charge in [-0.15, -0.1) is 0 Å². The number of hydrogen-bond donors (Lipinski definition) is 2. The molecular weight excluding hydrogens is 358 g/mol. The van der Waals surface area contributed by atoms with E-state index in [4.69, 9.17) is 14.2 Å². The van der Waals surface area contributed by atoms with Crippen molar-refractivity contribution in [2.24, 2.45) is 0 Å². The van der Waals surface area contributed by atoms with Gasteiger partial charge < -0.3 is 19.5 Å². The van der Waals surface area contributed by atoms with E-state index in [0.717, 1.165) is 12.0 Å². The number of H-pyrrole nitrogens is 1. The number of rotatable bonds is 4. The molecule has 1 amide bonds. The molecule has 28 heavy (non-hydrogen) atoms. The van der Waals surface area contributed by atoms with Crippen molar-refractivity contribution < 1.29 is 19.0 Å². The average Bonchev–Trinajstić information content (AvgIpc) is 3.40. The Morgan fingerprint density at radius 3 is 2.89 bits per heavy atom. The molecular formula is C21H19N3O4. The summed E-state index contributed by atoms with van der Waals surface area (Å²) in [6.45, 7) is 1.25. The zero-order chi connectivity index (χ0) is 18.9. The Kier molecular flexibility index (Phi) is 4.21. The minimum atomic E-state index is -0.207. The fourth-order valence-corrected chi connectivity index (χ4v) is 3.48. The number of amides is 1. The molecule has 5 rings (SSSR count).